The van der Waals surface area contributed by atoms with Gasteiger partial charge in [-0.15, -0.1) is 0 Å². The molecule has 13 heavy (non-hydrogen) atoms. The zero-order valence-corrected chi connectivity index (χ0v) is 7.86. The second kappa shape index (κ2) is 3.10. The van der Waals surface area contributed by atoms with Gasteiger partial charge in [0.1, 0.15) is 0 Å². The Hall–Kier alpha value is -0.900. The van der Waals surface area contributed by atoms with E-state index in [0.717, 1.165) is 0 Å². The largest absolute Gasteiger partial charge is 0.343 e. The molecule has 4 nitrogen and oxygen atoms in total. The van der Waals surface area contributed by atoms with Crippen molar-refractivity contribution < 1.29 is 4.52 Å². The molecule has 0 bridgehead atoms. The summed E-state index contributed by atoms with van der Waals surface area (Å²) in [7, 11) is 0. The summed E-state index contributed by atoms with van der Waals surface area (Å²) in [5, 5.41) is 3.82. The summed E-state index contributed by atoms with van der Waals surface area (Å²) in [6.07, 6.45) is 6.25. The molecule has 2 rings (SSSR count). The van der Waals surface area contributed by atoms with Crippen molar-refractivity contribution in [1.29, 1.82) is 0 Å². The van der Waals surface area contributed by atoms with E-state index in [-0.39, 0.29) is 0 Å². The second-order valence-electron chi connectivity index (χ2n) is 4.02. The summed E-state index contributed by atoms with van der Waals surface area (Å²) < 4.78 is 4.72. The van der Waals surface area contributed by atoms with Gasteiger partial charge >= 0.3 is 0 Å². The molecule has 0 aliphatic heterocycles. The summed E-state index contributed by atoms with van der Waals surface area (Å²) in [5.41, 5.74) is 5.79. The van der Waals surface area contributed by atoms with Gasteiger partial charge in [-0.05, 0) is 25.7 Å². The Morgan fingerprint density at radius 3 is 2.77 bits per heavy atom. The molecule has 1 aromatic rings. The molecule has 0 radical (unpaired) electrons. The lowest BCUT2D eigenvalue weighted by molar-refractivity contribution is 0.277. The van der Waals surface area contributed by atoms with Gasteiger partial charge in [0.15, 0.2) is 5.82 Å². The lowest BCUT2D eigenvalue weighted by Gasteiger charge is -2.27. The molecule has 1 fully saturated rings. The number of rotatable bonds is 2. The maximum absolute atomic E-state index is 6.20. The van der Waals surface area contributed by atoms with Crippen LogP contribution in [-0.4, -0.2) is 10.1 Å². The number of hydrogen-bond donors (Lipinski definition) is 1. The van der Waals surface area contributed by atoms with Crippen LogP contribution in [0.3, 0.4) is 0 Å². The van der Waals surface area contributed by atoms with Gasteiger partial charge < -0.3 is 10.3 Å². The Labute approximate surface area is 77.5 Å². The van der Waals surface area contributed by atoms with Gasteiger partial charge in [-0.1, -0.05) is 18.0 Å². The average Bonchev–Trinajstić information content (AvgIpc) is 2.78. The van der Waals surface area contributed by atoms with Crippen LogP contribution in [0.2, 0.25) is 0 Å². The van der Waals surface area contributed by atoms with Crippen LogP contribution < -0.4 is 5.73 Å². The van der Waals surface area contributed by atoms with Crippen molar-refractivity contribution in [3.05, 3.63) is 12.2 Å². The molecule has 2 N–H and O–H groups in total. The predicted octanol–water partition coefficient (Wildman–Crippen LogP) is 1.43. The van der Waals surface area contributed by atoms with Crippen molar-refractivity contribution in [2.45, 2.75) is 38.1 Å². The first-order chi connectivity index (χ1) is 6.21. The van der Waals surface area contributed by atoms with Crippen molar-refractivity contribution in [3.63, 3.8) is 0 Å². The molecule has 1 aliphatic carbocycles. The average molecular weight is 181 g/mol. The predicted molar refractivity (Wildman–Crippen MR) is 47.8 cm³/mol. The van der Waals surface area contributed by atoms with Crippen molar-refractivity contribution in [2.75, 3.05) is 0 Å². The van der Waals surface area contributed by atoms with Gasteiger partial charge in [-0.3, -0.25) is 0 Å². The Morgan fingerprint density at radius 2 is 2.23 bits per heavy atom. The molecule has 1 aliphatic rings. The van der Waals surface area contributed by atoms with E-state index in [1.54, 1.807) is 0 Å². The summed E-state index contributed by atoms with van der Waals surface area (Å²) >= 11 is 0. The van der Waals surface area contributed by atoms with Crippen LogP contribution in [0.25, 0.3) is 0 Å². The van der Waals surface area contributed by atoms with Gasteiger partial charge in [0, 0.05) is 0 Å². The monoisotopic (exact) mass is 181 g/mol. The number of nitrogens with zero attached hydrogens (tertiary/aromatic N) is 2. The van der Waals surface area contributed by atoms with Gasteiger partial charge in [0.05, 0.1) is 5.54 Å². The molecule has 1 saturated carbocycles. The summed E-state index contributed by atoms with van der Waals surface area (Å²) in [6, 6.07) is 0. The lowest BCUT2D eigenvalue weighted by Crippen LogP contribution is -2.41. The fourth-order valence-electron chi connectivity index (χ4n) is 2.12. The molecular weight excluding hydrogens is 166 g/mol. The second-order valence-corrected chi connectivity index (χ2v) is 4.02. The first-order valence-corrected chi connectivity index (χ1v) is 4.77. The minimum atomic E-state index is -0.413. The van der Waals surface area contributed by atoms with Crippen LogP contribution in [0.1, 0.15) is 38.4 Å². The van der Waals surface area contributed by atoms with Crippen LogP contribution >= 0.6 is 0 Å². The van der Waals surface area contributed by atoms with Crippen LogP contribution in [0.15, 0.2) is 10.9 Å². The van der Waals surface area contributed by atoms with Gasteiger partial charge in [-0.2, -0.15) is 4.98 Å². The molecule has 1 heterocycles. The van der Waals surface area contributed by atoms with Crippen molar-refractivity contribution in [3.8, 4) is 0 Å². The zero-order chi connectivity index (χ0) is 9.31. The standard InChI is InChI=1S/C9H15N3O/c1-9(10,7-4-2-3-5-7)8-11-6-13-12-8/h6-7H,2-5,10H2,1H3. The number of hydrogen-bond acceptors (Lipinski definition) is 4. The Bertz CT molecular complexity index is 262. The third-order valence-electron chi connectivity index (χ3n) is 3.05. The summed E-state index contributed by atoms with van der Waals surface area (Å²) in [6.45, 7) is 1.99. The van der Waals surface area contributed by atoms with Crippen LogP contribution in [0.5, 0.6) is 0 Å². The van der Waals surface area contributed by atoms with E-state index in [9.17, 15) is 0 Å². The normalized spacial score (nSPS) is 23.2. The molecule has 4 heteroatoms. The van der Waals surface area contributed by atoms with Gasteiger partial charge in [0.25, 0.3) is 0 Å². The SMILES string of the molecule is CC(N)(c1ncon1)C1CCCC1. The lowest BCUT2D eigenvalue weighted by atomic mass is 9.85. The molecule has 1 atom stereocenters. The molecule has 0 aromatic carbocycles. The zero-order valence-electron chi connectivity index (χ0n) is 7.86. The summed E-state index contributed by atoms with van der Waals surface area (Å²) in [4.78, 5) is 4.03. The molecular formula is C9H15N3O. The Balaban J connectivity index is 2.19. The summed E-state index contributed by atoms with van der Waals surface area (Å²) in [5.74, 6) is 1.14. The quantitative estimate of drug-likeness (QED) is 0.749. The third-order valence-corrected chi connectivity index (χ3v) is 3.05. The van der Waals surface area contributed by atoms with E-state index < -0.39 is 5.54 Å². The molecule has 0 spiro atoms. The van der Waals surface area contributed by atoms with Crippen molar-refractivity contribution >= 4 is 0 Å². The van der Waals surface area contributed by atoms with E-state index in [1.807, 2.05) is 6.92 Å². The van der Waals surface area contributed by atoms with E-state index in [4.69, 9.17) is 10.3 Å². The highest BCUT2D eigenvalue weighted by molar-refractivity contribution is 5.03. The highest BCUT2D eigenvalue weighted by Crippen LogP contribution is 2.36. The van der Waals surface area contributed by atoms with Gasteiger partial charge in [-0.25, -0.2) is 0 Å². The van der Waals surface area contributed by atoms with Crippen molar-refractivity contribution in [1.82, 2.24) is 10.1 Å². The fourth-order valence-corrected chi connectivity index (χ4v) is 2.12. The van der Waals surface area contributed by atoms with Crippen LogP contribution in [-0.2, 0) is 5.54 Å². The third kappa shape index (κ3) is 1.46. The van der Waals surface area contributed by atoms with Crippen LogP contribution in [0.4, 0.5) is 0 Å². The molecule has 0 saturated heterocycles. The topological polar surface area (TPSA) is 64.9 Å². The highest BCUT2D eigenvalue weighted by atomic mass is 16.5. The maximum Gasteiger partial charge on any atom is 0.213 e. The fraction of sp³-hybridized carbons (Fsp3) is 0.778. The smallest absolute Gasteiger partial charge is 0.213 e. The Kier molecular flexibility index (Phi) is 2.07. The van der Waals surface area contributed by atoms with Crippen molar-refractivity contribution in [2.24, 2.45) is 11.7 Å². The highest BCUT2D eigenvalue weighted by Gasteiger charge is 2.37. The maximum atomic E-state index is 6.20. The molecule has 1 unspecified atom stereocenters. The first kappa shape index (κ1) is 8.69. The van der Waals surface area contributed by atoms with E-state index in [2.05, 4.69) is 10.1 Å². The van der Waals surface area contributed by atoms with E-state index >= 15 is 0 Å². The Morgan fingerprint density at radius 1 is 1.54 bits per heavy atom. The van der Waals surface area contributed by atoms with Gasteiger partial charge in [0.2, 0.25) is 6.39 Å². The number of nitrogens with two attached hydrogens (primary N) is 1. The molecule has 1 aromatic heterocycles. The molecule has 0 amide bonds. The first-order valence-electron chi connectivity index (χ1n) is 4.77. The van der Waals surface area contributed by atoms with E-state index in [0.29, 0.717) is 11.7 Å². The minimum Gasteiger partial charge on any atom is -0.343 e. The van der Waals surface area contributed by atoms with E-state index in [1.165, 1.54) is 32.1 Å². The minimum absolute atomic E-state index is 0.413. The number of aromatic nitrogens is 2. The molecule has 72 valence electrons. The van der Waals surface area contributed by atoms with Crippen LogP contribution in [0, 0.1) is 5.92 Å².